The number of rotatable bonds is 1. The molecule has 4 aliphatic rings. The molecule has 0 spiro atoms. The molecule has 5 heteroatoms. The van der Waals surface area contributed by atoms with Crippen molar-refractivity contribution in [2.45, 2.75) is 10.8 Å². The Morgan fingerprint density at radius 1 is 0.759 bits per heavy atom. The fraction of sp³-hybridized carbons (Fsp3) is 0.167. The number of imide groups is 1. The Kier molecular flexibility index (Phi) is 3.40. The molecule has 1 aliphatic heterocycles. The zero-order valence-corrected chi connectivity index (χ0v) is 16.7. The second-order valence-corrected chi connectivity index (χ2v) is 8.89. The van der Waals surface area contributed by atoms with Crippen LogP contribution in [0.15, 0.2) is 72.8 Å². The molecule has 3 nitrogen and oxygen atoms in total. The zero-order valence-electron chi connectivity index (χ0n) is 15.2. The van der Waals surface area contributed by atoms with Crippen molar-refractivity contribution in [2.24, 2.45) is 11.8 Å². The van der Waals surface area contributed by atoms with Gasteiger partial charge in [-0.3, -0.25) is 9.59 Å². The lowest BCUT2D eigenvalue weighted by molar-refractivity contribution is -0.122. The smallest absolute Gasteiger partial charge is 0.240 e. The van der Waals surface area contributed by atoms with E-state index < -0.39 is 16.7 Å². The molecular weight excluding hydrogens is 405 g/mol. The van der Waals surface area contributed by atoms with Gasteiger partial charge in [0.2, 0.25) is 11.8 Å². The molecule has 0 aromatic heterocycles. The van der Waals surface area contributed by atoms with E-state index in [9.17, 15) is 9.59 Å². The van der Waals surface area contributed by atoms with Gasteiger partial charge in [0, 0.05) is 10.9 Å². The quantitative estimate of drug-likeness (QED) is 0.407. The van der Waals surface area contributed by atoms with Crippen molar-refractivity contribution in [3.05, 3.63) is 100 Å². The standard InChI is InChI=1S/C24H15Cl2NO2/c25-13-9-11-14(12-10-13)27-22(28)20-19-15-5-1-3-7-17(15)24(26,21(20)23(27)29)18-8-4-2-6-16(18)19/h1-12,19-21H. The number of benzene rings is 3. The number of anilines is 1. The predicted molar refractivity (Wildman–Crippen MR) is 112 cm³/mol. The molecular formula is C24H15Cl2NO2. The topological polar surface area (TPSA) is 37.4 Å². The van der Waals surface area contributed by atoms with Crippen LogP contribution in [-0.2, 0) is 14.5 Å². The molecule has 142 valence electrons. The molecule has 0 radical (unpaired) electrons. The molecule has 1 saturated heterocycles. The summed E-state index contributed by atoms with van der Waals surface area (Å²) in [6, 6.07) is 22.7. The monoisotopic (exact) mass is 419 g/mol. The van der Waals surface area contributed by atoms with Crippen LogP contribution < -0.4 is 4.90 Å². The summed E-state index contributed by atoms with van der Waals surface area (Å²) >= 11 is 13.4. The number of alkyl halides is 1. The van der Waals surface area contributed by atoms with E-state index in [1.54, 1.807) is 24.3 Å². The minimum atomic E-state index is -1.06. The zero-order chi connectivity index (χ0) is 19.9. The predicted octanol–water partition coefficient (Wildman–Crippen LogP) is 5.09. The van der Waals surface area contributed by atoms with E-state index in [0.29, 0.717) is 10.7 Å². The normalized spacial score (nSPS) is 28.9. The Bertz CT molecular complexity index is 1160. The van der Waals surface area contributed by atoms with Crippen molar-refractivity contribution in [2.75, 3.05) is 4.90 Å². The van der Waals surface area contributed by atoms with Gasteiger partial charge in [0.1, 0.15) is 4.87 Å². The van der Waals surface area contributed by atoms with Crippen LogP contribution in [0.3, 0.4) is 0 Å². The van der Waals surface area contributed by atoms with Crippen LogP contribution >= 0.6 is 23.2 Å². The summed E-state index contributed by atoms with van der Waals surface area (Å²) in [5.41, 5.74) is 4.49. The molecule has 0 N–H and O–H groups in total. The average molecular weight is 420 g/mol. The summed E-state index contributed by atoms with van der Waals surface area (Å²) in [5, 5.41) is 0.555. The summed E-state index contributed by atoms with van der Waals surface area (Å²) in [7, 11) is 0. The van der Waals surface area contributed by atoms with Crippen LogP contribution in [0, 0.1) is 11.8 Å². The molecule has 29 heavy (non-hydrogen) atoms. The molecule has 2 bridgehead atoms. The van der Waals surface area contributed by atoms with Gasteiger partial charge in [-0.1, -0.05) is 60.1 Å². The van der Waals surface area contributed by atoms with Gasteiger partial charge < -0.3 is 0 Å². The highest BCUT2D eigenvalue weighted by Gasteiger charge is 2.67. The number of hydrogen-bond donors (Lipinski definition) is 0. The largest absolute Gasteiger partial charge is 0.274 e. The number of hydrogen-bond acceptors (Lipinski definition) is 2. The lowest BCUT2D eigenvalue weighted by atomic mass is 9.54. The molecule has 3 aliphatic carbocycles. The molecule has 3 aromatic carbocycles. The van der Waals surface area contributed by atoms with Crippen LogP contribution in [0.1, 0.15) is 28.2 Å². The Morgan fingerprint density at radius 3 is 1.90 bits per heavy atom. The van der Waals surface area contributed by atoms with Crippen LogP contribution in [-0.4, -0.2) is 11.8 Å². The first-order valence-electron chi connectivity index (χ1n) is 9.54. The Balaban J connectivity index is 1.61. The third kappa shape index (κ3) is 2.00. The lowest BCUT2D eigenvalue weighted by Gasteiger charge is -2.50. The summed E-state index contributed by atoms with van der Waals surface area (Å²) in [5.74, 6) is -1.77. The average Bonchev–Trinajstić information content (AvgIpc) is 3.01. The fourth-order valence-corrected chi connectivity index (χ4v) is 6.22. The molecule has 2 amide bonds. The second-order valence-electron chi connectivity index (χ2n) is 7.86. The number of carbonyl (C=O) groups is 2. The van der Waals surface area contributed by atoms with E-state index >= 15 is 0 Å². The highest BCUT2D eigenvalue weighted by Crippen LogP contribution is 2.65. The molecule has 2 unspecified atom stereocenters. The Hall–Kier alpha value is -2.62. The van der Waals surface area contributed by atoms with Gasteiger partial charge in [0.15, 0.2) is 0 Å². The van der Waals surface area contributed by atoms with Crippen LogP contribution in [0.4, 0.5) is 5.69 Å². The second kappa shape index (κ2) is 5.71. The van der Waals surface area contributed by atoms with Crippen molar-refractivity contribution in [3.8, 4) is 0 Å². The summed E-state index contributed by atoms with van der Waals surface area (Å²) in [6.07, 6.45) is 0. The van der Waals surface area contributed by atoms with Crippen molar-refractivity contribution in [3.63, 3.8) is 0 Å². The highest BCUT2D eigenvalue weighted by molar-refractivity contribution is 6.34. The minimum absolute atomic E-state index is 0.179. The van der Waals surface area contributed by atoms with Crippen molar-refractivity contribution in [1.29, 1.82) is 0 Å². The van der Waals surface area contributed by atoms with Gasteiger partial charge >= 0.3 is 0 Å². The van der Waals surface area contributed by atoms with Gasteiger partial charge in [-0.15, -0.1) is 11.6 Å². The van der Waals surface area contributed by atoms with Crippen LogP contribution in [0.2, 0.25) is 5.02 Å². The molecule has 1 heterocycles. The van der Waals surface area contributed by atoms with E-state index in [1.165, 1.54) is 4.90 Å². The first-order chi connectivity index (χ1) is 14.0. The van der Waals surface area contributed by atoms with E-state index in [0.717, 1.165) is 22.3 Å². The highest BCUT2D eigenvalue weighted by atomic mass is 35.5. The van der Waals surface area contributed by atoms with E-state index in [-0.39, 0.29) is 17.7 Å². The maximum Gasteiger partial charge on any atom is 0.240 e. The first kappa shape index (κ1) is 17.3. The molecule has 3 aromatic rings. The number of nitrogens with zero attached hydrogens (tertiary/aromatic N) is 1. The maximum absolute atomic E-state index is 13.6. The van der Waals surface area contributed by atoms with Gasteiger partial charge in [-0.05, 0) is 46.5 Å². The van der Waals surface area contributed by atoms with Crippen LogP contribution in [0.5, 0.6) is 0 Å². The van der Waals surface area contributed by atoms with Gasteiger partial charge in [0.05, 0.1) is 17.5 Å². The molecule has 7 rings (SSSR count). The first-order valence-corrected chi connectivity index (χ1v) is 10.3. The van der Waals surface area contributed by atoms with Gasteiger partial charge in [0.25, 0.3) is 0 Å². The van der Waals surface area contributed by atoms with Crippen molar-refractivity contribution < 1.29 is 9.59 Å². The number of carbonyl (C=O) groups excluding carboxylic acids is 2. The lowest BCUT2D eigenvalue weighted by Crippen LogP contribution is -2.50. The number of amides is 2. The molecule has 0 saturated carbocycles. The minimum Gasteiger partial charge on any atom is -0.274 e. The summed E-state index contributed by atoms with van der Waals surface area (Å²) in [6.45, 7) is 0. The molecule has 2 atom stereocenters. The molecule has 1 fully saturated rings. The van der Waals surface area contributed by atoms with Crippen molar-refractivity contribution >= 4 is 40.7 Å². The van der Waals surface area contributed by atoms with Gasteiger partial charge in [-0.25, -0.2) is 4.90 Å². The van der Waals surface area contributed by atoms with E-state index in [2.05, 4.69) is 0 Å². The third-order valence-corrected chi connectivity index (χ3v) is 7.49. The van der Waals surface area contributed by atoms with Gasteiger partial charge in [-0.2, -0.15) is 0 Å². The third-order valence-electron chi connectivity index (χ3n) is 6.60. The van der Waals surface area contributed by atoms with Crippen molar-refractivity contribution in [1.82, 2.24) is 0 Å². The Labute approximate surface area is 177 Å². The van der Waals surface area contributed by atoms with Crippen LogP contribution in [0.25, 0.3) is 0 Å². The van der Waals surface area contributed by atoms with E-state index in [4.69, 9.17) is 23.2 Å². The summed E-state index contributed by atoms with van der Waals surface area (Å²) in [4.78, 5) is 27.5. The Morgan fingerprint density at radius 2 is 1.31 bits per heavy atom. The summed E-state index contributed by atoms with van der Waals surface area (Å²) < 4.78 is 0. The number of halogens is 2. The van der Waals surface area contributed by atoms with E-state index in [1.807, 2.05) is 48.5 Å². The fourth-order valence-electron chi connectivity index (χ4n) is 5.52. The SMILES string of the molecule is O=C1C2C3c4ccccc4C(Cl)(c4ccccc43)C2C(=O)N1c1ccc(Cl)cc1. The maximum atomic E-state index is 13.6.